The molecule has 0 bridgehead atoms. The minimum atomic E-state index is 0.720. The first-order valence-electron chi connectivity index (χ1n) is 31.9. The summed E-state index contributed by atoms with van der Waals surface area (Å²) in [7, 11) is 10.9. The van der Waals surface area contributed by atoms with Gasteiger partial charge in [0.05, 0.1) is 0 Å². The Hall–Kier alpha value is -6.53. The number of nitrogens with zero attached hydrogens (tertiary/aromatic N) is 5. The van der Waals surface area contributed by atoms with Gasteiger partial charge in [-0.15, -0.1) is 0 Å². The molecule has 0 aliphatic carbocycles. The van der Waals surface area contributed by atoms with Crippen molar-refractivity contribution in [1.82, 2.24) is 0 Å². The smallest absolute Gasteiger partial charge is 0.205 e. The first-order chi connectivity index (χ1) is 39.9. The third-order valence-electron chi connectivity index (χ3n) is 19.5. The highest BCUT2D eigenvalue weighted by Gasteiger charge is 2.46. The predicted molar refractivity (Wildman–Crippen MR) is 359 cm³/mol. The van der Waals surface area contributed by atoms with Gasteiger partial charge >= 0.3 is 0 Å². The zero-order valence-electron chi connectivity index (χ0n) is 52.8. The van der Waals surface area contributed by atoms with Gasteiger partial charge < -0.3 is 0 Å². The summed E-state index contributed by atoms with van der Waals surface area (Å²) in [6, 6.07) is 55.8. The van der Waals surface area contributed by atoms with E-state index in [-0.39, 0.29) is 0 Å². The largest absolute Gasteiger partial charge is 0.212 e. The molecule has 0 N–H and O–H groups in total. The molecule has 5 aromatic heterocycles. The summed E-state index contributed by atoms with van der Waals surface area (Å²) in [5.41, 5.74) is 13.1. The molecule has 5 aromatic carbocycles. The van der Waals surface area contributed by atoms with E-state index in [4.69, 9.17) is 0 Å². The number of hydrogen-bond acceptors (Lipinski definition) is 0. The second-order valence-electron chi connectivity index (χ2n) is 27.5. The van der Waals surface area contributed by atoms with Crippen LogP contribution in [0.5, 0.6) is 0 Å². The summed E-state index contributed by atoms with van der Waals surface area (Å²) < 4.78 is 11.6. The van der Waals surface area contributed by atoms with Crippen molar-refractivity contribution in [3.8, 4) is 0 Å². The van der Waals surface area contributed by atoms with E-state index in [1.54, 1.807) is 0 Å². The summed E-state index contributed by atoms with van der Waals surface area (Å²) in [6.45, 7) is 25.2. The van der Waals surface area contributed by atoms with Crippen LogP contribution in [0.1, 0.15) is 96.4 Å². The Labute approximate surface area is 500 Å². The lowest BCUT2D eigenvalue weighted by Gasteiger charge is -2.08. The summed E-state index contributed by atoms with van der Waals surface area (Å²) in [5, 5.41) is 11.1. The fourth-order valence-corrected chi connectivity index (χ4v) is 13.8. The lowest BCUT2D eigenvalue weighted by molar-refractivity contribution is -0.677. The van der Waals surface area contributed by atoms with Crippen LogP contribution in [0.3, 0.4) is 0 Å². The SMILES string of the molecule is CB1CC1c1c2ccc(CC(C)C)cc2cc[n+]1C.CB1CC1c1c2ccccc2cc[n+]1C.CB1CC1c1cc2ccccc2c[n+]1C.CB1CC1c1ccc2cc(CC(C)C)ccc2[n+]1C.CB1CC1c1ccc2ccccc2[n+]1C. The second kappa shape index (κ2) is 24.6. The predicted octanol–water partition coefficient (Wildman–Crippen LogP) is 14.5. The number of hydrogen-bond donors (Lipinski definition) is 0. The van der Waals surface area contributed by atoms with Crippen LogP contribution in [0.25, 0.3) is 54.1 Å². The number of benzene rings is 5. The summed E-state index contributed by atoms with van der Waals surface area (Å²) >= 11 is 0. The Balaban J connectivity index is 0.000000109. The Kier molecular flexibility index (Phi) is 17.3. The zero-order chi connectivity index (χ0) is 58.4. The van der Waals surface area contributed by atoms with Crippen LogP contribution in [-0.4, -0.2) is 33.6 Å². The van der Waals surface area contributed by atoms with Gasteiger partial charge in [-0.25, -0.2) is 13.7 Å². The van der Waals surface area contributed by atoms with Gasteiger partial charge in [-0.2, -0.15) is 9.13 Å². The van der Waals surface area contributed by atoms with Crippen LogP contribution in [0, 0.1) is 11.8 Å². The molecule has 0 spiro atoms. The summed E-state index contributed by atoms with van der Waals surface area (Å²) in [6.07, 6.45) is 15.7. The topological polar surface area (TPSA) is 19.4 Å². The second-order valence-corrected chi connectivity index (χ2v) is 27.5. The van der Waals surface area contributed by atoms with Crippen molar-refractivity contribution in [2.45, 2.75) is 135 Å². The summed E-state index contributed by atoms with van der Waals surface area (Å²) in [5.74, 6) is 5.35. The van der Waals surface area contributed by atoms with E-state index < -0.39 is 0 Å². The molecular formula is C73H91B5N5+5. The minimum Gasteiger partial charge on any atom is -0.205 e. The molecule has 5 fully saturated rings. The summed E-state index contributed by atoms with van der Waals surface area (Å²) in [4.78, 5) is 0. The standard InChI is InChI=1S/2C17H23BN.3C13H15BN/c1-12(2)9-13-5-7-16-14(10-13)6-8-17(19(16)4)15-11-18(15)3;1-12(2)9-13-5-6-15-14(10-13)7-8-19(4)17(15)16-11-18(16)3;1-14-8-12(14)13-7-10-5-3-4-6-11(10)9-15(13)2;1-14-9-11(14)13-8-7-10-5-3-4-6-12(10)15(13)2;1-14-9-12(14)13-11-6-4-3-5-10(11)7-8-15(13)2/h5-8,10,12,15H,9,11H2,1-4H3;5-8,10,12,16H,9,11H2,1-4H3;3-7,9,12H,8H2,1-2H3;3-8,11H,9H2,1-2H3;3-8,12H,9H2,1-2H3/q5*+1. The molecular weight excluding hydrogens is 1000 g/mol. The van der Waals surface area contributed by atoms with Crippen LogP contribution in [0.4, 0.5) is 0 Å². The van der Waals surface area contributed by atoms with E-state index in [2.05, 4.69) is 290 Å². The molecule has 5 atom stereocenters. The van der Waals surface area contributed by atoms with Crippen LogP contribution in [-0.2, 0) is 48.1 Å². The Morgan fingerprint density at radius 1 is 0.361 bits per heavy atom. The highest BCUT2D eigenvalue weighted by molar-refractivity contribution is 6.71. The van der Waals surface area contributed by atoms with E-state index in [9.17, 15) is 0 Å². The third-order valence-corrected chi connectivity index (χ3v) is 19.5. The van der Waals surface area contributed by atoms with Gasteiger partial charge in [0.1, 0.15) is 35.2 Å². The molecule has 0 amide bonds. The number of para-hydroxylation sites is 1. The number of rotatable bonds is 9. The van der Waals surface area contributed by atoms with Gasteiger partial charge in [-0.05, 0) is 94.4 Å². The van der Waals surface area contributed by atoms with Gasteiger partial charge in [-0.3, -0.25) is 0 Å². The molecule has 5 unspecified atom stereocenters. The number of pyridine rings is 5. The minimum absolute atomic E-state index is 0.720. The maximum absolute atomic E-state index is 2.39. The highest BCUT2D eigenvalue weighted by Crippen LogP contribution is 2.44. The van der Waals surface area contributed by atoms with E-state index in [0.29, 0.717) is 0 Å². The molecule has 418 valence electrons. The van der Waals surface area contributed by atoms with Crippen molar-refractivity contribution < 1.29 is 22.8 Å². The zero-order valence-corrected chi connectivity index (χ0v) is 52.8. The monoisotopic (exact) mass is 1090 g/mol. The maximum Gasteiger partial charge on any atom is 0.212 e. The maximum atomic E-state index is 2.39. The van der Waals surface area contributed by atoms with Crippen molar-refractivity contribution in [3.63, 3.8) is 0 Å². The first kappa shape index (κ1) is 58.3. The lowest BCUT2D eigenvalue weighted by Crippen LogP contribution is -2.34. The van der Waals surface area contributed by atoms with Crippen LogP contribution in [0.15, 0.2) is 170 Å². The molecule has 5 nitrogen and oxygen atoms in total. The Morgan fingerprint density at radius 3 is 1.30 bits per heavy atom. The van der Waals surface area contributed by atoms with Crippen molar-refractivity contribution in [2.75, 3.05) is 0 Å². The molecule has 0 radical (unpaired) electrons. The number of aryl methyl sites for hydroxylation is 5. The van der Waals surface area contributed by atoms with Crippen LogP contribution >= 0.6 is 0 Å². The van der Waals surface area contributed by atoms with Gasteiger partial charge in [0.25, 0.3) is 0 Å². The molecule has 15 rings (SSSR count). The van der Waals surface area contributed by atoms with Crippen LogP contribution < -0.4 is 22.8 Å². The third kappa shape index (κ3) is 13.4. The first-order valence-corrected chi connectivity index (χ1v) is 31.9. The Morgan fingerprint density at radius 2 is 0.771 bits per heavy atom. The average molecular weight is 1090 g/mol. The van der Waals surface area contributed by atoms with Crippen molar-refractivity contribution >= 4 is 87.7 Å². The number of fused-ring (bicyclic) bond motifs is 5. The van der Waals surface area contributed by atoms with Crippen molar-refractivity contribution in [2.24, 2.45) is 47.1 Å². The molecule has 83 heavy (non-hydrogen) atoms. The van der Waals surface area contributed by atoms with Crippen molar-refractivity contribution in [3.05, 3.63) is 210 Å². The molecule has 5 saturated heterocycles. The number of aromatic nitrogens is 5. The fourth-order valence-electron chi connectivity index (χ4n) is 13.8. The van der Waals surface area contributed by atoms with Gasteiger partial charge in [0, 0.05) is 98.5 Å². The highest BCUT2D eigenvalue weighted by atomic mass is 15.0. The fraction of sp³-hybridized carbons (Fsp3) is 0.384. The molecule has 10 aromatic rings. The average Bonchev–Trinajstić information content (AvgIpc) is 4.04. The van der Waals surface area contributed by atoms with E-state index >= 15 is 0 Å². The molecule has 10 heterocycles. The normalized spacial score (nSPS) is 19.0. The van der Waals surface area contributed by atoms with E-state index in [1.165, 1.54) is 138 Å². The van der Waals surface area contributed by atoms with Gasteiger partial charge in [0.2, 0.25) is 11.0 Å². The van der Waals surface area contributed by atoms with Crippen molar-refractivity contribution in [1.29, 1.82) is 0 Å². The molecule has 10 heteroatoms. The molecule has 5 aliphatic rings. The molecule has 5 aliphatic heterocycles. The van der Waals surface area contributed by atoms with Crippen LogP contribution in [0.2, 0.25) is 65.7 Å². The Bertz CT molecular complexity index is 3970. The van der Waals surface area contributed by atoms with E-state index in [0.717, 1.165) is 74.5 Å². The lowest BCUT2D eigenvalue weighted by atomic mass is 9.70. The van der Waals surface area contributed by atoms with E-state index in [1.807, 2.05) is 0 Å². The quantitative estimate of drug-likeness (QED) is 0.101. The molecule has 0 saturated carbocycles. The van der Waals surface area contributed by atoms with Gasteiger partial charge in [0.15, 0.2) is 80.6 Å². The van der Waals surface area contributed by atoms with Gasteiger partial charge in [-0.1, -0.05) is 160 Å².